The van der Waals surface area contributed by atoms with Gasteiger partial charge in [0.1, 0.15) is 0 Å². The first-order chi connectivity index (χ1) is 5.51. The van der Waals surface area contributed by atoms with Crippen molar-refractivity contribution in [1.82, 2.24) is 4.98 Å². The number of nitrogens with two attached hydrogens (primary N) is 1. The van der Waals surface area contributed by atoms with Crippen LogP contribution < -0.4 is 10.5 Å². The molecule has 0 aliphatic carbocycles. The second-order valence-electron chi connectivity index (χ2n) is 2.22. The van der Waals surface area contributed by atoms with Gasteiger partial charge in [0.15, 0.2) is 5.13 Å². The molecule has 0 amide bonds. The van der Waals surface area contributed by atoms with E-state index in [1.165, 1.54) is 11.3 Å². The van der Waals surface area contributed by atoms with Gasteiger partial charge in [0, 0.05) is 11.9 Å². The zero-order chi connectivity index (χ0) is 9.19. The third-order valence-corrected chi connectivity index (χ3v) is 2.53. The number of hydrogen-bond donors (Lipinski definition) is 2. The van der Waals surface area contributed by atoms with Crippen molar-refractivity contribution in [3.8, 4) is 0 Å². The lowest BCUT2D eigenvalue weighted by molar-refractivity contribution is 0.607. The number of rotatable bonds is 3. The van der Waals surface area contributed by atoms with Crippen LogP contribution in [0.3, 0.4) is 0 Å². The maximum absolute atomic E-state index is 10.7. The summed E-state index contributed by atoms with van der Waals surface area (Å²) in [4.78, 5) is 3.92. The lowest BCUT2D eigenvalue weighted by Crippen LogP contribution is -2.09. The second-order valence-corrected chi connectivity index (χ2v) is 4.83. The molecule has 0 spiro atoms. The van der Waals surface area contributed by atoms with Crippen LogP contribution in [0.25, 0.3) is 0 Å². The van der Waals surface area contributed by atoms with E-state index in [0.717, 1.165) is 6.26 Å². The maximum atomic E-state index is 10.7. The van der Waals surface area contributed by atoms with Crippen molar-refractivity contribution in [3.05, 3.63) is 11.1 Å². The SMILES string of the molecule is CS(=O)(=O)Nc1nc(CN)cs1. The Morgan fingerprint density at radius 2 is 2.42 bits per heavy atom. The van der Waals surface area contributed by atoms with E-state index in [0.29, 0.717) is 17.4 Å². The summed E-state index contributed by atoms with van der Waals surface area (Å²) in [5.41, 5.74) is 5.98. The summed E-state index contributed by atoms with van der Waals surface area (Å²) in [5.74, 6) is 0. The lowest BCUT2D eigenvalue weighted by Gasteiger charge is -1.95. The number of nitrogens with zero attached hydrogens (tertiary/aromatic N) is 1. The third-order valence-electron chi connectivity index (χ3n) is 1.03. The molecule has 1 heterocycles. The molecule has 0 radical (unpaired) electrons. The minimum atomic E-state index is -3.21. The molecule has 0 saturated heterocycles. The smallest absolute Gasteiger partial charge is 0.231 e. The zero-order valence-corrected chi connectivity index (χ0v) is 8.08. The van der Waals surface area contributed by atoms with Gasteiger partial charge in [0.25, 0.3) is 0 Å². The minimum absolute atomic E-state index is 0.321. The fourth-order valence-electron chi connectivity index (χ4n) is 0.606. The summed E-state index contributed by atoms with van der Waals surface area (Å²) in [5, 5.41) is 2.08. The predicted molar refractivity (Wildman–Crippen MR) is 48.5 cm³/mol. The van der Waals surface area contributed by atoms with Crippen molar-refractivity contribution in [3.63, 3.8) is 0 Å². The van der Waals surface area contributed by atoms with Crippen LogP contribution in [0.5, 0.6) is 0 Å². The van der Waals surface area contributed by atoms with Crippen molar-refractivity contribution < 1.29 is 8.42 Å². The van der Waals surface area contributed by atoms with Crippen LogP contribution >= 0.6 is 11.3 Å². The van der Waals surface area contributed by atoms with Crippen molar-refractivity contribution >= 4 is 26.5 Å². The molecule has 5 nitrogen and oxygen atoms in total. The summed E-state index contributed by atoms with van der Waals surface area (Å²) in [7, 11) is -3.21. The third kappa shape index (κ3) is 2.76. The standard InChI is InChI=1S/C5H9N3O2S2/c1-12(9,10)8-5-7-4(2-6)3-11-5/h3H,2,6H2,1H3,(H,7,8). The first kappa shape index (κ1) is 9.43. The Kier molecular flexibility index (Phi) is 2.65. The van der Waals surface area contributed by atoms with Crippen LogP contribution in [0.1, 0.15) is 5.69 Å². The van der Waals surface area contributed by atoms with Crippen LogP contribution in [0, 0.1) is 0 Å². The van der Waals surface area contributed by atoms with Crippen molar-refractivity contribution in [2.45, 2.75) is 6.54 Å². The first-order valence-corrected chi connectivity index (χ1v) is 5.90. The van der Waals surface area contributed by atoms with Crippen molar-refractivity contribution in [2.24, 2.45) is 5.73 Å². The number of anilines is 1. The highest BCUT2D eigenvalue weighted by Crippen LogP contribution is 2.15. The van der Waals surface area contributed by atoms with Crippen molar-refractivity contribution in [1.29, 1.82) is 0 Å². The van der Waals surface area contributed by atoms with Gasteiger partial charge < -0.3 is 5.73 Å². The summed E-state index contributed by atoms with van der Waals surface area (Å²) < 4.78 is 23.7. The molecule has 0 bridgehead atoms. The predicted octanol–water partition coefficient (Wildman–Crippen LogP) is -0.0267. The summed E-state index contributed by atoms with van der Waals surface area (Å²) in [6, 6.07) is 0. The van der Waals surface area contributed by atoms with Crippen LogP contribution in [-0.2, 0) is 16.6 Å². The van der Waals surface area contributed by atoms with E-state index in [4.69, 9.17) is 5.73 Å². The van der Waals surface area contributed by atoms with Gasteiger partial charge in [0.05, 0.1) is 11.9 Å². The number of thiazole rings is 1. The molecule has 7 heteroatoms. The Morgan fingerprint density at radius 3 is 2.83 bits per heavy atom. The number of hydrogen-bond acceptors (Lipinski definition) is 5. The van der Waals surface area contributed by atoms with Gasteiger partial charge in [0.2, 0.25) is 10.0 Å². The van der Waals surface area contributed by atoms with E-state index >= 15 is 0 Å². The first-order valence-electron chi connectivity index (χ1n) is 3.13. The van der Waals surface area contributed by atoms with E-state index in [9.17, 15) is 8.42 Å². The highest BCUT2D eigenvalue weighted by molar-refractivity contribution is 7.92. The Bertz CT molecular complexity index is 357. The second kappa shape index (κ2) is 3.38. The molecule has 1 aromatic heterocycles. The van der Waals surface area contributed by atoms with E-state index in [1.54, 1.807) is 5.38 Å². The largest absolute Gasteiger partial charge is 0.325 e. The van der Waals surface area contributed by atoms with Crippen LogP contribution in [0.15, 0.2) is 5.38 Å². The topological polar surface area (TPSA) is 85.1 Å². The van der Waals surface area contributed by atoms with E-state index in [1.807, 2.05) is 0 Å². The molecule has 0 aliphatic rings. The van der Waals surface area contributed by atoms with Crippen LogP contribution in [0.2, 0.25) is 0 Å². The molecule has 0 unspecified atom stereocenters. The van der Waals surface area contributed by atoms with Gasteiger partial charge in [-0.3, -0.25) is 4.72 Å². The fraction of sp³-hybridized carbons (Fsp3) is 0.400. The van der Waals surface area contributed by atoms with E-state index in [-0.39, 0.29) is 0 Å². The highest BCUT2D eigenvalue weighted by Gasteiger charge is 2.05. The summed E-state index contributed by atoms with van der Waals surface area (Å²) in [6.07, 6.45) is 1.08. The summed E-state index contributed by atoms with van der Waals surface area (Å²) >= 11 is 1.22. The Labute approximate surface area is 74.7 Å². The van der Waals surface area contributed by atoms with Gasteiger partial charge in [-0.25, -0.2) is 13.4 Å². The Hall–Kier alpha value is -0.660. The number of aromatic nitrogens is 1. The Morgan fingerprint density at radius 1 is 1.75 bits per heavy atom. The molecular formula is C5H9N3O2S2. The molecule has 0 aliphatic heterocycles. The Balaban J connectivity index is 2.78. The molecule has 0 fully saturated rings. The quantitative estimate of drug-likeness (QED) is 0.729. The average Bonchev–Trinajstić information content (AvgIpc) is 2.32. The van der Waals surface area contributed by atoms with E-state index < -0.39 is 10.0 Å². The maximum Gasteiger partial charge on any atom is 0.231 e. The fourth-order valence-corrected chi connectivity index (χ4v) is 2.18. The molecule has 3 N–H and O–H groups in total. The van der Waals surface area contributed by atoms with Crippen LogP contribution in [-0.4, -0.2) is 19.7 Å². The van der Waals surface area contributed by atoms with Crippen molar-refractivity contribution in [2.75, 3.05) is 11.0 Å². The molecule has 0 atom stereocenters. The average molecular weight is 207 g/mol. The van der Waals surface area contributed by atoms with E-state index in [2.05, 4.69) is 9.71 Å². The normalized spacial score (nSPS) is 11.5. The van der Waals surface area contributed by atoms with Gasteiger partial charge >= 0.3 is 0 Å². The monoisotopic (exact) mass is 207 g/mol. The molecule has 1 rings (SSSR count). The zero-order valence-electron chi connectivity index (χ0n) is 6.44. The van der Waals surface area contributed by atoms with Gasteiger partial charge in [-0.2, -0.15) is 0 Å². The van der Waals surface area contributed by atoms with Crippen LogP contribution in [0.4, 0.5) is 5.13 Å². The molecule has 0 aromatic carbocycles. The molecule has 68 valence electrons. The molecule has 0 saturated carbocycles. The van der Waals surface area contributed by atoms with Gasteiger partial charge in [-0.1, -0.05) is 0 Å². The minimum Gasteiger partial charge on any atom is -0.325 e. The molecule has 12 heavy (non-hydrogen) atoms. The van der Waals surface area contributed by atoms with Gasteiger partial charge in [-0.05, 0) is 0 Å². The molecule has 1 aromatic rings. The van der Waals surface area contributed by atoms with Gasteiger partial charge in [-0.15, -0.1) is 11.3 Å². The summed E-state index contributed by atoms with van der Waals surface area (Å²) in [6.45, 7) is 0.321. The lowest BCUT2D eigenvalue weighted by atomic mass is 10.5. The number of sulfonamides is 1. The molecular weight excluding hydrogens is 198 g/mol. The number of nitrogens with one attached hydrogen (secondary N) is 1. The highest BCUT2D eigenvalue weighted by atomic mass is 32.2.